The maximum atomic E-state index is 15.0. The Labute approximate surface area is 220 Å². The van der Waals surface area contributed by atoms with Crippen molar-refractivity contribution in [2.45, 2.75) is 57.9 Å². The summed E-state index contributed by atoms with van der Waals surface area (Å²) in [7, 11) is 0. The first-order chi connectivity index (χ1) is 18.3. The number of pyridine rings is 1. The Morgan fingerprint density at radius 2 is 1.87 bits per heavy atom. The molecule has 2 aromatic carbocycles. The predicted molar refractivity (Wildman–Crippen MR) is 137 cm³/mol. The summed E-state index contributed by atoms with van der Waals surface area (Å²) in [6.07, 6.45) is 4.86. The number of hydrogen-bond acceptors (Lipinski definition) is 4. The van der Waals surface area contributed by atoms with E-state index in [4.69, 9.17) is 4.74 Å². The number of aliphatic carboxylic acids is 1. The van der Waals surface area contributed by atoms with E-state index < -0.39 is 35.0 Å². The van der Waals surface area contributed by atoms with Gasteiger partial charge in [-0.05, 0) is 84.5 Å². The van der Waals surface area contributed by atoms with Gasteiger partial charge < -0.3 is 14.7 Å². The Hall–Kier alpha value is -3.81. The standard InChI is InChI=1S/C30H30F2N2O4/c1-18-11-27-33-16-24(18)23(15-28(35)36)21-7-6-20-8-9-34(17-22(20)14-21)30(37)29-25(31)12-19(13-26(29)32)5-3-2-4-10-38-27/h6-7,11-14,16,23H,2-5,8-10,15,17H2,1H3,(H,35,36)/t23-/m1/s1. The maximum Gasteiger partial charge on any atom is 0.304 e. The zero-order chi connectivity index (χ0) is 26.8. The number of rotatable bonds is 2. The lowest BCUT2D eigenvalue weighted by atomic mass is 9.84. The van der Waals surface area contributed by atoms with Gasteiger partial charge in [0.25, 0.3) is 5.91 Å². The number of carbonyl (C=O) groups is 2. The Bertz CT molecular complexity index is 1370. The third-order valence-corrected chi connectivity index (χ3v) is 7.49. The number of carboxylic acids is 1. The number of aryl methyl sites for hydroxylation is 2. The second-order valence-corrected chi connectivity index (χ2v) is 10.1. The van der Waals surface area contributed by atoms with Crippen molar-refractivity contribution >= 4 is 11.9 Å². The molecule has 198 valence electrons. The maximum absolute atomic E-state index is 15.0. The van der Waals surface area contributed by atoms with Crippen LogP contribution >= 0.6 is 0 Å². The number of halogens is 2. The molecule has 5 aliphatic rings. The molecule has 1 aromatic heterocycles. The zero-order valence-electron chi connectivity index (χ0n) is 21.3. The molecule has 0 spiro atoms. The SMILES string of the molecule is Cc1cc2ncc1[C@H](CC(=O)O)c1ccc3c(c1)CN(CC3)C(=O)c1c(F)cc(cc1F)CCCCCO2. The van der Waals surface area contributed by atoms with Crippen LogP contribution in [0.4, 0.5) is 8.78 Å². The molecule has 6 nitrogen and oxygen atoms in total. The summed E-state index contributed by atoms with van der Waals surface area (Å²) in [5.41, 5.74) is 4.32. The number of nitrogens with zero attached hydrogens (tertiary/aromatic N) is 2. The van der Waals surface area contributed by atoms with Gasteiger partial charge in [-0.15, -0.1) is 0 Å². The van der Waals surface area contributed by atoms with Gasteiger partial charge in [0, 0.05) is 31.3 Å². The molecular formula is C30H30F2N2O4. The van der Waals surface area contributed by atoms with Gasteiger partial charge in [-0.25, -0.2) is 13.8 Å². The van der Waals surface area contributed by atoms with Crippen LogP contribution in [0.3, 0.4) is 0 Å². The highest BCUT2D eigenvalue weighted by molar-refractivity contribution is 5.95. The van der Waals surface area contributed by atoms with Gasteiger partial charge in [0.15, 0.2) is 0 Å². The predicted octanol–water partition coefficient (Wildman–Crippen LogP) is 5.58. The van der Waals surface area contributed by atoms with Crippen molar-refractivity contribution in [3.63, 3.8) is 0 Å². The molecule has 0 fully saturated rings. The first kappa shape index (κ1) is 25.8. The number of aromatic nitrogens is 1. The largest absolute Gasteiger partial charge is 0.481 e. The fourth-order valence-corrected chi connectivity index (χ4v) is 5.45. The number of amides is 1. The molecule has 8 rings (SSSR count). The number of carbonyl (C=O) groups excluding carboxylic acids is 1. The van der Waals surface area contributed by atoms with Crippen molar-refractivity contribution in [1.29, 1.82) is 0 Å². The van der Waals surface area contributed by atoms with Gasteiger partial charge in [-0.2, -0.15) is 0 Å². The minimum Gasteiger partial charge on any atom is -0.481 e. The summed E-state index contributed by atoms with van der Waals surface area (Å²) in [6.45, 7) is 2.89. The van der Waals surface area contributed by atoms with E-state index in [9.17, 15) is 23.5 Å². The molecule has 0 radical (unpaired) electrons. The lowest BCUT2D eigenvalue weighted by Crippen LogP contribution is -2.37. The van der Waals surface area contributed by atoms with E-state index in [1.165, 1.54) is 17.0 Å². The molecule has 6 heterocycles. The molecule has 1 amide bonds. The van der Waals surface area contributed by atoms with Gasteiger partial charge in [-0.3, -0.25) is 9.59 Å². The summed E-state index contributed by atoms with van der Waals surface area (Å²) in [4.78, 5) is 31.0. The molecule has 5 aliphatic heterocycles. The fraction of sp³-hybridized carbons (Fsp3) is 0.367. The number of benzene rings is 2. The summed E-state index contributed by atoms with van der Waals surface area (Å²) >= 11 is 0. The highest BCUT2D eigenvalue weighted by atomic mass is 19.1. The highest BCUT2D eigenvalue weighted by Gasteiger charge is 2.28. The summed E-state index contributed by atoms with van der Waals surface area (Å²) < 4.78 is 35.8. The van der Waals surface area contributed by atoms with Gasteiger partial charge in [0.1, 0.15) is 17.2 Å². The summed E-state index contributed by atoms with van der Waals surface area (Å²) in [6, 6.07) is 10.1. The molecule has 0 saturated heterocycles. The molecule has 0 unspecified atom stereocenters. The van der Waals surface area contributed by atoms with E-state index >= 15 is 0 Å². The first-order valence-electron chi connectivity index (χ1n) is 13.0. The third kappa shape index (κ3) is 5.39. The number of carboxylic acid groups (broad SMARTS) is 1. The second-order valence-electron chi connectivity index (χ2n) is 10.1. The van der Waals surface area contributed by atoms with E-state index in [1.54, 1.807) is 6.20 Å². The lowest BCUT2D eigenvalue weighted by Gasteiger charge is -2.30. The van der Waals surface area contributed by atoms with Crippen LogP contribution in [0.15, 0.2) is 42.6 Å². The fourth-order valence-electron chi connectivity index (χ4n) is 5.45. The van der Waals surface area contributed by atoms with Crippen molar-refractivity contribution in [3.8, 4) is 5.88 Å². The number of hydrogen-bond donors (Lipinski definition) is 1. The zero-order valence-corrected chi connectivity index (χ0v) is 21.3. The highest BCUT2D eigenvalue weighted by Crippen LogP contribution is 2.34. The summed E-state index contributed by atoms with van der Waals surface area (Å²) in [5.74, 6) is -3.29. The minimum atomic E-state index is -0.941. The van der Waals surface area contributed by atoms with Crippen molar-refractivity contribution in [2.75, 3.05) is 13.2 Å². The van der Waals surface area contributed by atoms with Crippen LogP contribution in [-0.2, 0) is 24.2 Å². The smallest absolute Gasteiger partial charge is 0.304 e. The van der Waals surface area contributed by atoms with E-state index in [2.05, 4.69) is 4.98 Å². The van der Waals surface area contributed by atoms with Crippen LogP contribution in [0.2, 0.25) is 0 Å². The van der Waals surface area contributed by atoms with Crippen LogP contribution in [0.5, 0.6) is 5.88 Å². The van der Waals surface area contributed by atoms with Crippen molar-refractivity contribution in [1.82, 2.24) is 9.88 Å². The molecule has 1 N–H and O–H groups in total. The average molecular weight is 521 g/mol. The van der Waals surface area contributed by atoms with Crippen molar-refractivity contribution in [2.24, 2.45) is 0 Å². The molecule has 1 atom stereocenters. The lowest BCUT2D eigenvalue weighted by molar-refractivity contribution is -0.137. The van der Waals surface area contributed by atoms with Crippen LogP contribution in [0.25, 0.3) is 0 Å². The second kappa shape index (κ2) is 10.9. The Kier molecular flexibility index (Phi) is 7.40. The molecule has 38 heavy (non-hydrogen) atoms. The van der Waals surface area contributed by atoms with Crippen molar-refractivity contribution in [3.05, 3.63) is 93.2 Å². The molecule has 3 aromatic rings. The first-order valence-corrected chi connectivity index (χ1v) is 13.0. The average Bonchev–Trinajstić information content (AvgIpc) is 2.88. The number of ether oxygens (including phenoxy) is 1. The van der Waals surface area contributed by atoms with Gasteiger partial charge in [0.2, 0.25) is 5.88 Å². The Morgan fingerprint density at radius 1 is 1.08 bits per heavy atom. The Morgan fingerprint density at radius 3 is 2.61 bits per heavy atom. The van der Waals surface area contributed by atoms with Gasteiger partial charge in [-0.1, -0.05) is 18.2 Å². The van der Waals surface area contributed by atoms with Crippen LogP contribution in [0.1, 0.15) is 75.3 Å². The van der Waals surface area contributed by atoms with Crippen LogP contribution in [-0.4, -0.2) is 40.0 Å². The van der Waals surface area contributed by atoms with E-state index in [0.717, 1.165) is 47.1 Å². The molecule has 0 saturated carbocycles. The minimum absolute atomic E-state index is 0.132. The molecule has 8 heteroatoms. The Balaban J connectivity index is 1.55. The monoisotopic (exact) mass is 520 g/mol. The molecule has 7 bridgehead atoms. The van der Waals surface area contributed by atoms with Gasteiger partial charge in [0.05, 0.1) is 13.0 Å². The quantitative estimate of drug-likeness (QED) is 0.477. The molecule has 0 aliphatic carbocycles. The molecular weight excluding hydrogens is 490 g/mol. The van der Waals surface area contributed by atoms with E-state index in [1.807, 2.05) is 31.2 Å². The third-order valence-electron chi connectivity index (χ3n) is 7.49. The van der Waals surface area contributed by atoms with Crippen molar-refractivity contribution < 1.29 is 28.2 Å². The van der Waals surface area contributed by atoms with E-state index in [-0.39, 0.29) is 13.0 Å². The topological polar surface area (TPSA) is 79.7 Å². The van der Waals surface area contributed by atoms with Crippen LogP contribution in [0, 0.1) is 18.6 Å². The van der Waals surface area contributed by atoms with Gasteiger partial charge >= 0.3 is 5.97 Å². The van der Waals surface area contributed by atoms with E-state index in [0.29, 0.717) is 37.4 Å². The van der Waals surface area contributed by atoms with Crippen LogP contribution < -0.4 is 4.74 Å². The summed E-state index contributed by atoms with van der Waals surface area (Å²) in [5, 5.41) is 9.69. The normalized spacial score (nSPS) is 17.8.